The molecule has 0 bridgehead atoms. The summed E-state index contributed by atoms with van der Waals surface area (Å²) in [5.41, 5.74) is 0.625. The maximum Gasteiger partial charge on any atom is 0.255 e. The lowest BCUT2D eigenvalue weighted by atomic mass is 10.2. The van der Waals surface area contributed by atoms with Gasteiger partial charge in [0.25, 0.3) is 5.91 Å². The standard InChI is InChI=1S/C12H15IN2O2/c1-3-14-11(16)8-15(2)12(17)9-6-4-5-7-10(9)13/h4-7H,3,8H2,1-2H3,(H,14,16). The second-order valence-electron chi connectivity index (χ2n) is 3.59. The van der Waals surface area contributed by atoms with Gasteiger partial charge in [0.15, 0.2) is 0 Å². The average molecular weight is 346 g/mol. The van der Waals surface area contributed by atoms with Gasteiger partial charge in [-0.25, -0.2) is 0 Å². The molecule has 0 aliphatic carbocycles. The van der Waals surface area contributed by atoms with E-state index in [4.69, 9.17) is 0 Å². The molecule has 1 aromatic carbocycles. The summed E-state index contributed by atoms with van der Waals surface area (Å²) >= 11 is 2.11. The van der Waals surface area contributed by atoms with Crippen molar-refractivity contribution in [3.63, 3.8) is 0 Å². The van der Waals surface area contributed by atoms with E-state index in [1.54, 1.807) is 13.1 Å². The van der Waals surface area contributed by atoms with E-state index in [9.17, 15) is 9.59 Å². The van der Waals surface area contributed by atoms with Crippen LogP contribution in [0.2, 0.25) is 0 Å². The normalized spacial score (nSPS) is 9.82. The van der Waals surface area contributed by atoms with Crippen molar-refractivity contribution >= 4 is 34.4 Å². The number of carbonyl (C=O) groups is 2. The number of nitrogens with one attached hydrogen (secondary N) is 1. The predicted molar refractivity (Wildman–Crippen MR) is 74.8 cm³/mol. The van der Waals surface area contributed by atoms with Crippen LogP contribution in [0.1, 0.15) is 17.3 Å². The Morgan fingerprint density at radius 2 is 2.00 bits per heavy atom. The van der Waals surface area contributed by atoms with Gasteiger partial charge in [0, 0.05) is 17.2 Å². The van der Waals surface area contributed by atoms with Gasteiger partial charge in [-0.15, -0.1) is 0 Å². The lowest BCUT2D eigenvalue weighted by Gasteiger charge is -2.17. The van der Waals surface area contributed by atoms with Crippen LogP contribution in [-0.4, -0.2) is 36.9 Å². The van der Waals surface area contributed by atoms with Gasteiger partial charge in [-0.3, -0.25) is 9.59 Å². The van der Waals surface area contributed by atoms with Crippen LogP contribution in [0.4, 0.5) is 0 Å². The van der Waals surface area contributed by atoms with Crippen molar-refractivity contribution in [2.24, 2.45) is 0 Å². The van der Waals surface area contributed by atoms with Gasteiger partial charge in [-0.1, -0.05) is 12.1 Å². The van der Waals surface area contributed by atoms with Crippen LogP contribution in [0, 0.1) is 3.57 Å². The molecule has 0 spiro atoms. The Kier molecular flexibility index (Phi) is 5.40. The highest BCUT2D eigenvalue weighted by Crippen LogP contribution is 2.13. The van der Waals surface area contributed by atoms with Crippen molar-refractivity contribution in [3.05, 3.63) is 33.4 Å². The summed E-state index contributed by atoms with van der Waals surface area (Å²) < 4.78 is 0.887. The molecule has 5 heteroatoms. The number of carbonyl (C=O) groups excluding carboxylic acids is 2. The van der Waals surface area contributed by atoms with Gasteiger partial charge in [-0.2, -0.15) is 0 Å². The number of benzene rings is 1. The first kappa shape index (κ1) is 14.0. The molecule has 1 aromatic rings. The number of halogens is 1. The second-order valence-corrected chi connectivity index (χ2v) is 4.76. The molecule has 0 atom stereocenters. The zero-order valence-electron chi connectivity index (χ0n) is 9.87. The van der Waals surface area contributed by atoms with E-state index in [1.165, 1.54) is 4.90 Å². The van der Waals surface area contributed by atoms with Gasteiger partial charge in [0.2, 0.25) is 5.91 Å². The summed E-state index contributed by atoms with van der Waals surface area (Å²) in [7, 11) is 1.63. The number of hydrogen-bond donors (Lipinski definition) is 1. The molecule has 1 rings (SSSR count). The van der Waals surface area contributed by atoms with E-state index >= 15 is 0 Å². The number of rotatable bonds is 4. The van der Waals surface area contributed by atoms with E-state index in [1.807, 2.05) is 25.1 Å². The Labute approximate surface area is 115 Å². The molecular weight excluding hydrogens is 331 g/mol. The number of hydrogen-bond acceptors (Lipinski definition) is 2. The van der Waals surface area contributed by atoms with Gasteiger partial charge in [-0.05, 0) is 41.6 Å². The Bertz CT molecular complexity index is 421. The molecule has 0 radical (unpaired) electrons. The SMILES string of the molecule is CCNC(=O)CN(C)C(=O)c1ccccc1I. The highest BCUT2D eigenvalue weighted by Gasteiger charge is 2.16. The lowest BCUT2D eigenvalue weighted by Crippen LogP contribution is -2.38. The molecule has 0 aliphatic heterocycles. The van der Waals surface area contributed by atoms with Crippen LogP contribution in [0.15, 0.2) is 24.3 Å². The smallest absolute Gasteiger partial charge is 0.255 e. The Morgan fingerprint density at radius 1 is 1.35 bits per heavy atom. The van der Waals surface area contributed by atoms with Crippen molar-refractivity contribution in [2.75, 3.05) is 20.1 Å². The van der Waals surface area contributed by atoms with Crippen molar-refractivity contribution in [1.82, 2.24) is 10.2 Å². The third-order valence-electron chi connectivity index (χ3n) is 2.21. The largest absolute Gasteiger partial charge is 0.355 e. The monoisotopic (exact) mass is 346 g/mol. The number of amides is 2. The molecule has 0 aliphatic rings. The minimum atomic E-state index is -0.144. The lowest BCUT2D eigenvalue weighted by molar-refractivity contribution is -0.121. The molecule has 0 saturated heterocycles. The van der Waals surface area contributed by atoms with Gasteiger partial charge < -0.3 is 10.2 Å². The predicted octanol–water partition coefficient (Wildman–Crippen LogP) is 1.50. The molecular formula is C12H15IN2O2. The van der Waals surface area contributed by atoms with Gasteiger partial charge >= 0.3 is 0 Å². The third-order valence-corrected chi connectivity index (χ3v) is 3.15. The molecule has 4 nitrogen and oxygen atoms in total. The number of likely N-dealkylation sites (N-methyl/N-ethyl adjacent to an activating group) is 2. The molecule has 0 saturated carbocycles. The second kappa shape index (κ2) is 6.58. The molecule has 0 aromatic heterocycles. The van der Waals surface area contributed by atoms with Crippen molar-refractivity contribution in [2.45, 2.75) is 6.92 Å². The molecule has 0 heterocycles. The molecule has 0 unspecified atom stereocenters. The zero-order valence-corrected chi connectivity index (χ0v) is 12.0. The van der Waals surface area contributed by atoms with Crippen LogP contribution < -0.4 is 5.32 Å². The van der Waals surface area contributed by atoms with Crippen molar-refractivity contribution in [3.8, 4) is 0 Å². The molecule has 92 valence electrons. The maximum absolute atomic E-state index is 12.0. The first-order chi connectivity index (χ1) is 8.06. The highest BCUT2D eigenvalue weighted by atomic mass is 127. The Hall–Kier alpha value is -1.11. The summed E-state index contributed by atoms with van der Waals surface area (Å²) in [5, 5.41) is 2.66. The number of nitrogens with zero attached hydrogens (tertiary/aromatic N) is 1. The van der Waals surface area contributed by atoms with Crippen molar-refractivity contribution in [1.29, 1.82) is 0 Å². The summed E-state index contributed by atoms with van der Waals surface area (Å²) in [6.45, 7) is 2.50. The van der Waals surface area contributed by atoms with Crippen molar-refractivity contribution < 1.29 is 9.59 Å². The average Bonchev–Trinajstić information content (AvgIpc) is 2.29. The van der Waals surface area contributed by atoms with Crippen LogP contribution in [-0.2, 0) is 4.79 Å². The Morgan fingerprint density at radius 3 is 2.59 bits per heavy atom. The summed E-state index contributed by atoms with van der Waals surface area (Å²) in [6, 6.07) is 7.32. The van der Waals surface area contributed by atoms with Crippen LogP contribution in [0.5, 0.6) is 0 Å². The van der Waals surface area contributed by atoms with Crippen LogP contribution in [0.3, 0.4) is 0 Å². The van der Waals surface area contributed by atoms with E-state index in [0.717, 1.165) is 3.57 Å². The topological polar surface area (TPSA) is 49.4 Å². The minimum absolute atomic E-state index is 0.0810. The van der Waals surface area contributed by atoms with E-state index in [2.05, 4.69) is 27.9 Å². The highest BCUT2D eigenvalue weighted by molar-refractivity contribution is 14.1. The van der Waals surface area contributed by atoms with Crippen LogP contribution in [0.25, 0.3) is 0 Å². The van der Waals surface area contributed by atoms with E-state index in [-0.39, 0.29) is 18.4 Å². The third kappa shape index (κ3) is 3.99. The fourth-order valence-electron chi connectivity index (χ4n) is 1.38. The Balaban J connectivity index is 2.70. The quantitative estimate of drug-likeness (QED) is 0.840. The first-order valence-electron chi connectivity index (χ1n) is 5.33. The first-order valence-corrected chi connectivity index (χ1v) is 6.40. The van der Waals surface area contributed by atoms with E-state index < -0.39 is 0 Å². The fraction of sp³-hybridized carbons (Fsp3) is 0.333. The van der Waals surface area contributed by atoms with Gasteiger partial charge in [0.1, 0.15) is 0 Å². The zero-order chi connectivity index (χ0) is 12.8. The van der Waals surface area contributed by atoms with E-state index in [0.29, 0.717) is 12.1 Å². The maximum atomic E-state index is 12.0. The summed E-state index contributed by atoms with van der Waals surface area (Å²) in [5.74, 6) is -0.282. The molecule has 0 fully saturated rings. The molecule has 2 amide bonds. The molecule has 17 heavy (non-hydrogen) atoms. The summed E-state index contributed by atoms with van der Waals surface area (Å²) in [4.78, 5) is 24.8. The minimum Gasteiger partial charge on any atom is -0.355 e. The molecule has 1 N–H and O–H groups in total. The summed E-state index contributed by atoms with van der Waals surface area (Å²) in [6.07, 6.45) is 0. The van der Waals surface area contributed by atoms with Crippen LogP contribution >= 0.6 is 22.6 Å². The van der Waals surface area contributed by atoms with Gasteiger partial charge in [0.05, 0.1) is 12.1 Å². The fourth-order valence-corrected chi connectivity index (χ4v) is 2.00.